The van der Waals surface area contributed by atoms with Crippen LogP contribution < -0.4 is 11.3 Å². The van der Waals surface area contributed by atoms with E-state index in [1.54, 1.807) is 0 Å². The molecule has 0 aromatic heterocycles. The van der Waals surface area contributed by atoms with Crippen molar-refractivity contribution in [3.8, 4) is 12.3 Å². The van der Waals surface area contributed by atoms with Crippen molar-refractivity contribution in [1.29, 1.82) is 0 Å². The summed E-state index contributed by atoms with van der Waals surface area (Å²) in [6.45, 7) is 2.24. The van der Waals surface area contributed by atoms with Gasteiger partial charge >= 0.3 is 0 Å². The van der Waals surface area contributed by atoms with Gasteiger partial charge in [0.05, 0.1) is 6.04 Å². The van der Waals surface area contributed by atoms with E-state index in [-0.39, 0.29) is 6.04 Å². The third kappa shape index (κ3) is 2.00. The van der Waals surface area contributed by atoms with Crippen molar-refractivity contribution in [2.75, 3.05) is 0 Å². The summed E-state index contributed by atoms with van der Waals surface area (Å²) in [6, 6.07) is 0.0848. The molecule has 1 aliphatic carbocycles. The van der Waals surface area contributed by atoms with E-state index in [1.807, 2.05) is 0 Å². The molecule has 2 heteroatoms. The van der Waals surface area contributed by atoms with E-state index < -0.39 is 0 Å². The lowest BCUT2D eigenvalue weighted by atomic mass is 9.97. The summed E-state index contributed by atoms with van der Waals surface area (Å²) in [5.74, 6) is 9.54. The van der Waals surface area contributed by atoms with E-state index in [1.165, 1.54) is 25.7 Å². The fourth-order valence-corrected chi connectivity index (χ4v) is 2.11. The molecule has 0 amide bonds. The largest absolute Gasteiger partial charge is 0.270 e. The topological polar surface area (TPSA) is 38.0 Å². The maximum absolute atomic E-state index is 5.36. The molecular formula is C10H18N2. The molecule has 0 heterocycles. The third-order valence-electron chi connectivity index (χ3n) is 2.99. The Hall–Kier alpha value is -0.520. The highest BCUT2D eigenvalue weighted by Crippen LogP contribution is 2.34. The van der Waals surface area contributed by atoms with Gasteiger partial charge < -0.3 is 0 Å². The normalized spacial score (nSPS) is 31.4. The highest BCUT2D eigenvalue weighted by molar-refractivity contribution is 5.03. The van der Waals surface area contributed by atoms with Gasteiger partial charge in [-0.25, -0.2) is 5.43 Å². The molecular weight excluding hydrogens is 148 g/mol. The summed E-state index contributed by atoms with van der Waals surface area (Å²) >= 11 is 0. The second-order valence-electron chi connectivity index (χ2n) is 3.66. The van der Waals surface area contributed by atoms with E-state index >= 15 is 0 Å². The third-order valence-corrected chi connectivity index (χ3v) is 2.99. The SMILES string of the molecule is C#CC(NN)C1CCC(CC)C1. The summed E-state index contributed by atoms with van der Waals surface area (Å²) in [5.41, 5.74) is 2.70. The quantitative estimate of drug-likeness (QED) is 0.376. The molecule has 0 aromatic rings. The molecule has 12 heavy (non-hydrogen) atoms. The highest BCUT2D eigenvalue weighted by Gasteiger charge is 2.28. The molecule has 0 aliphatic heterocycles. The van der Waals surface area contributed by atoms with E-state index in [9.17, 15) is 0 Å². The van der Waals surface area contributed by atoms with E-state index in [2.05, 4.69) is 18.3 Å². The molecule has 3 atom stereocenters. The minimum Gasteiger partial charge on any atom is -0.270 e. The van der Waals surface area contributed by atoms with E-state index in [4.69, 9.17) is 12.3 Å². The number of rotatable bonds is 3. The van der Waals surface area contributed by atoms with Crippen LogP contribution in [0.2, 0.25) is 0 Å². The van der Waals surface area contributed by atoms with E-state index in [0.717, 1.165) is 5.92 Å². The van der Waals surface area contributed by atoms with Crippen LogP contribution >= 0.6 is 0 Å². The number of nitrogens with one attached hydrogen (secondary N) is 1. The first kappa shape index (κ1) is 9.57. The maximum Gasteiger partial charge on any atom is 0.0843 e. The zero-order valence-corrected chi connectivity index (χ0v) is 7.72. The second-order valence-corrected chi connectivity index (χ2v) is 3.66. The Bertz CT molecular complexity index is 171. The summed E-state index contributed by atoms with van der Waals surface area (Å²) in [7, 11) is 0. The van der Waals surface area contributed by atoms with Crippen LogP contribution in [0, 0.1) is 24.2 Å². The van der Waals surface area contributed by atoms with Gasteiger partial charge in [0.25, 0.3) is 0 Å². The first-order valence-electron chi connectivity index (χ1n) is 4.74. The molecule has 3 N–H and O–H groups in total. The molecule has 2 nitrogen and oxygen atoms in total. The highest BCUT2D eigenvalue weighted by atomic mass is 15.2. The standard InChI is InChI=1S/C10H18N2/c1-3-8-5-6-9(7-8)10(4-2)12-11/h2,8-10,12H,3,5-7,11H2,1H3. The lowest BCUT2D eigenvalue weighted by Crippen LogP contribution is -2.38. The van der Waals surface area contributed by atoms with Gasteiger partial charge in [-0.2, -0.15) is 0 Å². The number of hydrazine groups is 1. The van der Waals surface area contributed by atoms with Gasteiger partial charge in [-0.05, 0) is 24.7 Å². The Morgan fingerprint density at radius 2 is 2.42 bits per heavy atom. The number of hydrogen-bond donors (Lipinski definition) is 2. The van der Waals surface area contributed by atoms with Gasteiger partial charge in [0, 0.05) is 0 Å². The zero-order chi connectivity index (χ0) is 8.97. The lowest BCUT2D eigenvalue weighted by Gasteiger charge is -2.16. The van der Waals surface area contributed by atoms with Crippen LogP contribution in [0.3, 0.4) is 0 Å². The monoisotopic (exact) mass is 166 g/mol. The maximum atomic E-state index is 5.36. The molecule has 0 radical (unpaired) electrons. The average molecular weight is 166 g/mol. The van der Waals surface area contributed by atoms with Crippen molar-refractivity contribution in [3.05, 3.63) is 0 Å². The molecule has 1 saturated carbocycles. The lowest BCUT2D eigenvalue weighted by molar-refractivity contribution is 0.408. The van der Waals surface area contributed by atoms with E-state index in [0.29, 0.717) is 5.92 Å². The van der Waals surface area contributed by atoms with Crippen molar-refractivity contribution in [2.24, 2.45) is 17.7 Å². The molecule has 3 unspecified atom stereocenters. The average Bonchev–Trinajstić information content (AvgIpc) is 2.55. The molecule has 0 spiro atoms. The first-order chi connectivity index (χ1) is 5.81. The molecule has 68 valence electrons. The Morgan fingerprint density at radius 3 is 2.83 bits per heavy atom. The smallest absolute Gasteiger partial charge is 0.0843 e. The van der Waals surface area contributed by atoms with Crippen LogP contribution in [0.15, 0.2) is 0 Å². The Kier molecular flexibility index (Phi) is 3.58. The van der Waals surface area contributed by atoms with Gasteiger partial charge in [-0.15, -0.1) is 6.42 Å². The van der Waals surface area contributed by atoms with Gasteiger partial charge in [-0.1, -0.05) is 25.7 Å². The number of hydrogen-bond acceptors (Lipinski definition) is 2. The molecule has 0 saturated heterocycles. The van der Waals surface area contributed by atoms with Crippen LogP contribution in [-0.2, 0) is 0 Å². The van der Waals surface area contributed by atoms with Gasteiger partial charge in [-0.3, -0.25) is 5.84 Å². The van der Waals surface area contributed by atoms with Gasteiger partial charge in [0.2, 0.25) is 0 Å². The van der Waals surface area contributed by atoms with Crippen LogP contribution in [0.25, 0.3) is 0 Å². The fraction of sp³-hybridized carbons (Fsp3) is 0.800. The number of terminal acetylenes is 1. The molecule has 1 fully saturated rings. The first-order valence-corrected chi connectivity index (χ1v) is 4.74. The van der Waals surface area contributed by atoms with Crippen molar-refractivity contribution < 1.29 is 0 Å². The van der Waals surface area contributed by atoms with Crippen LogP contribution in [0.1, 0.15) is 32.6 Å². The predicted octanol–water partition coefficient (Wildman–Crippen LogP) is 1.28. The van der Waals surface area contributed by atoms with Crippen molar-refractivity contribution in [1.82, 2.24) is 5.43 Å². The van der Waals surface area contributed by atoms with Crippen molar-refractivity contribution in [3.63, 3.8) is 0 Å². The molecule has 1 rings (SSSR count). The number of nitrogens with two attached hydrogens (primary N) is 1. The Labute approximate surface area is 74.9 Å². The minimum absolute atomic E-state index is 0.0848. The zero-order valence-electron chi connectivity index (χ0n) is 7.72. The van der Waals surface area contributed by atoms with Crippen LogP contribution in [0.5, 0.6) is 0 Å². The van der Waals surface area contributed by atoms with Crippen molar-refractivity contribution >= 4 is 0 Å². The second kappa shape index (κ2) is 4.49. The van der Waals surface area contributed by atoms with Gasteiger partial charge in [0.15, 0.2) is 0 Å². The molecule has 0 bridgehead atoms. The summed E-state index contributed by atoms with van der Waals surface area (Å²) < 4.78 is 0. The Morgan fingerprint density at radius 1 is 1.67 bits per heavy atom. The Balaban J connectivity index is 2.40. The molecule has 1 aliphatic rings. The summed E-state index contributed by atoms with van der Waals surface area (Å²) in [4.78, 5) is 0. The molecule has 0 aromatic carbocycles. The summed E-state index contributed by atoms with van der Waals surface area (Å²) in [6.07, 6.45) is 10.4. The van der Waals surface area contributed by atoms with Gasteiger partial charge in [0.1, 0.15) is 0 Å². The van der Waals surface area contributed by atoms with Crippen LogP contribution in [0.4, 0.5) is 0 Å². The fourth-order valence-electron chi connectivity index (χ4n) is 2.11. The van der Waals surface area contributed by atoms with Crippen molar-refractivity contribution in [2.45, 2.75) is 38.6 Å². The summed E-state index contributed by atoms with van der Waals surface area (Å²) in [5, 5.41) is 0. The van der Waals surface area contributed by atoms with Crippen LogP contribution in [-0.4, -0.2) is 6.04 Å². The minimum atomic E-state index is 0.0848. The predicted molar refractivity (Wildman–Crippen MR) is 51.1 cm³/mol.